The summed E-state index contributed by atoms with van der Waals surface area (Å²) in [5.74, 6) is -0.431. The molecule has 0 heterocycles. The van der Waals surface area contributed by atoms with Crippen molar-refractivity contribution >= 4 is 38.3 Å². The van der Waals surface area contributed by atoms with Crippen molar-refractivity contribution in [3.63, 3.8) is 0 Å². The average molecular weight is 453 g/mol. The first-order chi connectivity index (χ1) is 14.6. The molecule has 2 nitrogen and oxygen atoms in total. The first-order valence-corrected chi connectivity index (χ1v) is 10.8. The Kier molecular flexibility index (Phi) is 3.69. The van der Waals surface area contributed by atoms with Crippen LogP contribution in [-0.2, 0) is 5.41 Å². The van der Waals surface area contributed by atoms with Crippen LogP contribution in [0, 0.1) is 5.92 Å². The first kappa shape index (κ1) is 17.8. The second-order valence-corrected chi connectivity index (χ2v) is 9.06. The van der Waals surface area contributed by atoms with Gasteiger partial charge < -0.3 is 0 Å². The summed E-state index contributed by atoms with van der Waals surface area (Å²) in [5, 5.41) is 2.07. The van der Waals surface area contributed by atoms with Crippen LogP contribution >= 0.6 is 15.9 Å². The summed E-state index contributed by atoms with van der Waals surface area (Å²) in [6, 6.07) is 29.4. The zero-order chi connectivity index (χ0) is 20.5. The molecular weight excluding hydrogens is 436 g/mol. The number of ketones is 2. The lowest BCUT2D eigenvalue weighted by Gasteiger charge is -2.11. The van der Waals surface area contributed by atoms with Crippen LogP contribution in [0.1, 0.15) is 37.8 Å². The van der Waals surface area contributed by atoms with Crippen molar-refractivity contribution in [1.82, 2.24) is 0 Å². The van der Waals surface area contributed by atoms with Crippen molar-refractivity contribution in [1.29, 1.82) is 0 Å². The molecule has 0 unspecified atom stereocenters. The van der Waals surface area contributed by atoms with Gasteiger partial charge in [0.25, 0.3) is 0 Å². The van der Waals surface area contributed by atoms with Gasteiger partial charge in [0, 0.05) is 27.4 Å². The Bertz CT molecular complexity index is 1340. The highest BCUT2D eigenvalue weighted by Gasteiger charge is 2.75. The monoisotopic (exact) mass is 452 g/mol. The molecule has 2 aliphatic carbocycles. The van der Waals surface area contributed by atoms with E-state index in [-0.39, 0.29) is 17.5 Å². The zero-order valence-corrected chi connectivity index (χ0v) is 17.6. The van der Waals surface area contributed by atoms with Crippen LogP contribution in [-0.4, -0.2) is 11.6 Å². The van der Waals surface area contributed by atoms with Crippen molar-refractivity contribution in [2.45, 2.75) is 11.3 Å². The van der Waals surface area contributed by atoms with E-state index in [0.717, 1.165) is 31.9 Å². The van der Waals surface area contributed by atoms with Crippen LogP contribution in [0.3, 0.4) is 0 Å². The molecule has 30 heavy (non-hydrogen) atoms. The molecule has 4 aromatic carbocycles. The summed E-state index contributed by atoms with van der Waals surface area (Å²) < 4.78 is 0.929. The first-order valence-electron chi connectivity index (χ1n) is 10.1. The van der Waals surface area contributed by atoms with Gasteiger partial charge >= 0.3 is 0 Å². The Labute approximate surface area is 182 Å². The third kappa shape index (κ3) is 2.19. The molecule has 144 valence electrons. The fourth-order valence-electron chi connectivity index (χ4n) is 5.49. The van der Waals surface area contributed by atoms with E-state index in [4.69, 9.17) is 0 Å². The number of fused-ring (bicyclic) bond motifs is 1. The maximum absolute atomic E-state index is 13.9. The van der Waals surface area contributed by atoms with Crippen molar-refractivity contribution in [2.24, 2.45) is 5.92 Å². The Morgan fingerprint density at radius 2 is 1.50 bits per heavy atom. The van der Waals surface area contributed by atoms with Gasteiger partial charge in [0.15, 0.2) is 11.6 Å². The molecule has 1 fully saturated rings. The van der Waals surface area contributed by atoms with Gasteiger partial charge in [-0.2, -0.15) is 0 Å². The molecule has 2 aliphatic rings. The average Bonchev–Trinajstić information content (AvgIpc) is 3.42. The third-order valence-electron chi connectivity index (χ3n) is 6.75. The number of hydrogen-bond acceptors (Lipinski definition) is 2. The van der Waals surface area contributed by atoms with E-state index in [1.54, 1.807) is 0 Å². The van der Waals surface area contributed by atoms with E-state index in [1.165, 1.54) is 0 Å². The minimum absolute atomic E-state index is 0.0366. The van der Waals surface area contributed by atoms with Gasteiger partial charge in [-0.15, -0.1) is 0 Å². The number of Topliss-reactive ketones (excluding diaryl/α,β-unsaturated/α-hetero) is 2. The van der Waals surface area contributed by atoms with Gasteiger partial charge in [0.05, 0.1) is 5.41 Å². The lowest BCUT2D eigenvalue weighted by atomic mass is 9.88. The van der Waals surface area contributed by atoms with Crippen LogP contribution in [0.25, 0.3) is 10.8 Å². The summed E-state index contributed by atoms with van der Waals surface area (Å²) in [7, 11) is 0. The maximum atomic E-state index is 13.9. The molecule has 0 N–H and O–H groups in total. The molecule has 0 bridgehead atoms. The Hall–Kier alpha value is -3.04. The topological polar surface area (TPSA) is 34.1 Å². The van der Waals surface area contributed by atoms with Crippen LogP contribution in [0.15, 0.2) is 95.5 Å². The minimum atomic E-state index is -0.811. The van der Waals surface area contributed by atoms with Crippen LogP contribution < -0.4 is 0 Å². The molecule has 3 atom stereocenters. The second kappa shape index (κ2) is 6.23. The van der Waals surface area contributed by atoms with Gasteiger partial charge in [-0.1, -0.05) is 94.8 Å². The van der Waals surface area contributed by atoms with Crippen molar-refractivity contribution in [3.05, 3.63) is 118 Å². The number of benzene rings is 4. The minimum Gasteiger partial charge on any atom is -0.294 e. The summed E-state index contributed by atoms with van der Waals surface area (Å²) >= 11 is 3.44. The molecular formula is C27H17BrO2. The molecule has 4 aromatic rings. The molecule has 0 aliphatic heterocycles. The zero-order valence-electron chi connectivity index (χ0n) is 16.0. The molecule has 1 saturated carbocycles. The predicted octanol–water partition coefficient (Wildman–Crippen LogP) is 6.33. The molecule has 0 saturated heterocycles. The van der Waals surface area contributed by atoms with Crippen LogP contribution in [0.2, 0.25) is 0 Å². The molecule has 3 heteroatoms. The van der Waals surface area contributed by atoms with E-state index in [0.29, 0.717) is 5.56 Å². The Morgan fingerprint density at radius 3 is 2.23 bits per heavy atom. The van der Waals surface area contributed by atoms with Crippen molar-refractivity contribution in [2.75, 3.05) is 0 Å². The summed E-state index contributed by atoms with van der Waals surface area (Å²) in [6.45, 7) is 0. The van der Waals surface area contributed by atoms with Gasteiger partial charge in [-0.25, -0.2) is 0 Å². The van der Waals surface area contributed by atoms with E-state index in [2.05, 4.69) is 15.9 Å². The van der Waals surface area contributed by atoms with Gasteiger partial charge in [-0.05, 0) is 34.0 Å². The highest BCUT2D eigenvalue weighted by atomic mass is 79.9. The number of halogens is 1. The second-order valence-electron chi connectivity index (χ2n) is 8.14. The number of carbonyl (C=O) groups is 2. The standard InChI is InChI=1S/C27H17BrO2/c28-19-14-12-18(13-15-19)25(29)24-23(17-6-2-1-3-7-17)27(24)21-11-5-9-16-8-4-10-20(22(16)21)26(27)30/h1-15,23-24H/t23-,24-,27-/m0/s1. The lowest BCUT2D eigenvalue weighted by molar-refractivity contribution is 0.0892. The summed E-state index contributed by atoms with van der Waals surface area (Å²) in [6.07, 6.45) is 0. The van der Waals surface area contributed by atoms with E-state index >= 15 is 0 Å². The SMILES string of the molecule is O=C(c1ccc(Br)cc1)[C@@H]1[C@H](c2ccccc2)[C@]12C(=O)c1cccc3cccc2c13. The van der Waals surface area contributed by atoms with Crippen molar-refractivity contribution < 1.29 is 9.59 Å². The fraction of sp³-hybridized carbons (Fsp3) is 0.111. The lowest BCUT2D eigenvalue weighted by Crippen LogP contribution is -2.22. The fourth-order valence-corrected chi connectivity index (χ4v) is 5.76. The molecule has 0 amide bonds. The molecule has 1 spiro atoms. The Balaban J connectivity index is 1.58. The number of hydrogen-bond donors (Lipinski definition) is 0. The van der Waals surface area contributed by atoms with Gasteiger partial charge in [-0.3, -0.25) is 9.59 Å². The van der Waals surface area contributed by atoms with Gasteiger partial charge in [0.2, 0.25) is 0 Å². The van der Waals surface area contributed by atoms with Gasteiger partial charge in [0.1, 0.15) is 0 Å². The van der Waals surface area contributed by atoms with Crippen LogP contribution in [0.5, 0.6) is 0 Å². The van der Waals surface area contributed by atoms with Crippen LogP contribution in [0.4, 0.5) is 0 Å². The molecule has 6 rings (SSSR count). The molecule has 0 radical (unpaired) electrons. The molecule has 0 aromatic heterocycles. The Morgan fingerprint density at radius 1 is 0.800 bits per heavy atom. The highest BCUT2D eigenvalue weighted by Crippen LogP contribution is 2.71. The quantitative estimate of drug-likeness (QED) is 0.340. The number of rotatable bonds is 3. The summed E-state index contributed by atoms with van der Waals surface area (Å²) in [4.78, 5) is 27.6. The maximum Gasteiger partial charge on any atom is 0.175 e. The third-order valence-corrected chi connectivity index (χ3v) is 7.27. The van der Waals surface area contributed by atoms with E-state index in [9.17, 15) is 9.59 Å². The van der Waals surface area contributed by atoms with Crippen molar-refractivity contribution in [3.8, 4) is 0 Å². The smallest absolute Gasteiger partial charge is 0.175 e. The van der Waals surface area contributed by atoms with E-state index < -0.39 is 11.3 Å². The summed E-state index contributed by atoms with van der Waals surface area (Å²) in [5.41, 5.74) is 2.64. The highest BCUT2D eigenvalue weighted by molar-refractivity contribution is 9.10. The predicted molar refractivity (Wildman–Crippen MR) is 121 cm³/mol. The largest absolute Gasteiger partial charge is 0.294 e. The van der Waals surface area contributed by atoms with E-state index in [1.807, 2.05) is 91.0 Å². The number of carbonyl (C=O) groups excluding carboxylic acids is 2. The normalized spacial score (nSPS) is 23.8.